The molecule has 0 atom stereocenters. The third kappa shape index (κ3) is 3.20. The molecule has 0 unspecified atom stereocenters. The second-order valence-corrected chi connectivity index (χ2v) is 5.04. The largest absolute Gasteiger partial charge is 0.322 e. The van der Waals surface area contributed by atoms with E-state index in [9.17, 15) is 4.79 Å². The van der Waals surface area contributed by atoms with E-state index in [0.717, 1.165) is 41.9 Å². The van der Waals surface area contributed by atoms with Crippen LogP contribution in [0, 0.1) is 6.92 Å². The van der Waals surface area contributed by atoms with E-state index in [1.54, 1.807) is 0 Å². The van der Waals surface area contributed by atoms with Crippen molar-refractivity contribution in [3.63, 3.8) is 0 Å². The van der Waals surface area contributed by atoms with Crippen molar-refractivity contribution in [3.05, 3.63) is 28.2 Å². The first-order valence-corrected chi connectivity index (χ1v) is 6.49. The first-order valence-electron chi connectivity index (χ1n) is 5.69. The average molecular weight is 298 g/mol. The molecule has 0 saturated carbocycles. The molecule has 1 aromatic rings. The summed E-state index contributed by atoms with van der Waals surface area (Å²) in [6.07, 6.45) is 0. The SMILES string of the molecule is Cc1cc(Br)ccc1NC(=O)N1CCNCC1. The highest BCUT2D eigenvalue weighted by Gasteiger charge is 2.16. The van der Waals surface area contributed by atoms with Crippen molar-refractivity contribution < 1.29 is 4.79 Å². The molecule has 2 rings (SSSR count). The molecular formula is C12H16BrN3O. The predicted molar refractivity (Wildman–Crippen MR) is 72.3 cm³/mol. The predicted octanol–water partition coefficient (Wildman–Crippen LogP) is 2.19. The number of nitrogens with zero attached hydrogens (tertiary/aromatic N) is 1. The Morgan fingerprint density at radius 2 is 2.12 bits per heavy atom. The molecule has 92 valence electrons. The maximum Gasteiger partial charge on any atom is 0.321 e. The first kappa shape index (κ1) is 12.4. The normalized spacial score (nSPS) is 15.8. The van der Waals surface area contributed by atoms with Crippen molar-refractivity contribution in [2.24, 2.45) is 0 Å². The van der Waals surface area contributed by atoms with Crippen LogP contribution in [0.4, 0.5) is 10.5 Å². The van der Waals surface area contributed by atoms with Crippen LogP contribution in [0.1, 0.15) is 5.56 Å². The summed E-state index contributed by atoms with van der Waals surface area (Å²) in [6.45, 7) is 5.25. The molecule has 1 heterocycles. The number of hydrogen-bond acceptors (Lipinski definition) is 2. The van der Waals surface area contributed by atoms with E-state index >= 15 is 0 Å². The average Bonchev–Trinajstić information content (AvgIpc) is 2.34. The monoisotopic (exact) mass is 297 g/mol. The van der Waals surface area contributed by atoms with Gasteiger partial charge in [0.15, 0.2) is 0 Å². The van der Waals surface area contributed by atoms with Gasteiger partial charge in [0.1, 0.15) is 0 Å². The highest BCUT2D eigenvalue weighted by Crippen LogP contribution is 2.20. The smallest absolute Gasteiger partial charge is 0.321 e. The number of amides is 2. The number of nitrogens with one attached hydrogen (secondary N) is 2. The van der Waals surface area contributed by atoms with Crippen LogP contribution in [-0.4, -0.2) is 37.1 Å². The number of benzene rings is 1. The minimum absolute atomic E-state index is 0.0167. The molecule has 0 radical (unpaired) electrons. The molecule has 4 nitrogen and oxygen atoms in total. The van der Waals surface area contributed by atoms with Crippen LogP contribution in [0.25, 0.3) is 0 Å². The molecule has 5 heteroatoms. The zero-order valence-corrected chi connectivity index (χ0v) is 11.4. The van der Waals surface area contributed by atoms with Gasteiger partial charge < -0.3 is 15.5 Å². The number of aryl methyl sites for hydroxylation is 1. The van der Waals surface area contributed by atoms with Crippen LogP contribution in [0.3, 0.4) is 0 Å². The molecular weight excluding hydrogens is 282 g/mol. The summed E-state index contributed by atoms with van der Waals surface area (Å²) in [6, 6.07) is 5.82. The third-order valence-electron chi connectivity index (χ3n) is 2.83. The lowest BCUT2D eigenvalue weighted by Gasteiger charge is -2.27. The van der Waals surface area contributed by atoms with Crippen LogP contribution < -0.4 is 10.6 Å². The Bertz CT molecular complexity index is 416. The zero-order chi connectivity index (χ0) is 12.3. The minimum atomic E-state index is -0.0167. The van der Waals surface area contributed by atoms with Crippen LogP contribution >= 0.6 is 15.9 Å². The minimum Gasteiger partial charge on any atom is -0.322 e. The van der Waals surface area contributed by atoms with Gasteiger partial charge in [0.2, 0.25) is 0 Å². The van der Waals surface area contributed by atoms with E-state index in [-0.39, 0.29) is 6.03 Å². The number of hydrogen-bond donors (Lipinski definition) is 2. The van der Waals surface area contributed by atoms with Crippen molar-refractivity contribution >= 4 is 27.6 Å². The van der Waals surface area contributed by atoms with Crippen LogP contribution in [0.15, 0.2) is 22.7 Å². The van der Waals surface area contributed by atoms with Gasteiger partial charge >= 0.3 is 6.03 Å². The summed E-state index contributed by atoms with van der Waals surface area (Å²) in [5, 5.41) is 6.17. The molecule has 1 fully saturated rings. The van der Waals surface area contributed by atoms with Crippen LogP contribution in [0.5, 0.6) is 0 Å². The van der Waals surface area contributed by atoms with E-state index in [0.29, 0.717) is 0 Å². The van der Waals surface area contributed by atoms with Gasteiger partial charge in [-0.3, -0.25) is 0 Å². The Balaban J connectivity index is 2.02. The number of rotatable bonds is 1. The molecule has 1 saturated heterocycles. The van der Waals surface area contributed by atoms with Gasteiger partial charge in [0, 0.05) is 36.3 Å². The standard InChI is InChI=1S/C12H16BrN3O/c1-9-8-10(13)2-3-11(9)15-12(17)16-6-4-14-5-7-16/h2-3,8,14H,4-7H2,1H3,(H,15,17). The Morgan fingerprint density at radius 3 is 2.76 bits per heavy atom. The molecule has 2 amide bonds. The lowest BCUT2D eigenvalue weighted by atomic mass is 10.2. The molecule has 0 spiro atoms. The molecule has 1 aliphatic rings. The van der Waals surface area contributed by atoms with Gasteiger partial charge in [-0.2, -0.15) is 0 Å². The summed E-state index contributed by atoms with van der Waals surface area (Å²) in [4.78, 5) is 13.8. The number of carbonyl (C=O) groups excluding carboxylic acids is 1. The number of halogens is 1. The second-order valence-electron chi connectivity index (χ2n) is 4.13. The molecule has 17 heavy (non-hydrogen) atoms. The summed E-state index contributed by atoms with van der Waals surface area (Å²) in [5.74, 6) is 0. The zero-order valence-electron chi connectivity index (χ0n) is 9.79. The highest BCUT2D eigenvalue weighted by molar-refractivity contribution is 9.10. The van der Waals surface area contributed by atoms with E-state index in [1.165, 1.54) is 0 Å². The maximum atomic E-state index is 12.0. The van der Waals surface area contributed by atoms with E-state index in [2.05, 4.69) is 26.6 Å². The lowest BCUT2D eigenvalue weighted by Crippen LogP contribution is -2.48. The summed E-state index contributed by atoms with van der Waals surface area (Å²) >= 11 is 3.41. The topological polar surface area (TPSA) is 44.4 Å². The van der Waals surface area contributed by atoms with E-state index in [4.69, 9.17) is 0 Å². The lowest BCUT2D eigenvalue weighted by molar-refractivity contribution is 0.204. The quantitative estimate of drug-likeness (QED) is 0.835. The van der Waals surface area contributed by atoms with Gasteiger partial charge in [-0.05, 0) is 30.7 Å². The van der Waals surface area contributed by atoms with Crippen molar-refractivity contribution in [1.82, 2.24) is 10.2 Å². The molecule has 0 aliphatic carbocycles. The highest BCUT2D eigenvalue weighted by atomic mass is 79.9. The summed E-state index contributed by atoms with van der Waals surface area (Å²) in [5.41, 5.74) is 1.93. The van der Waals surface area contributed by atoms with Gasteiger partial charge in [0.25, 0.3) is 0 Å². The van der Waals surface area contributed by atoms with E-state index in [1.807, 2.05) is 30.0 Å². The third-order valence-corrected chi connectivity index (χ3v) is 3.33. The molecule has 1 aromatic carbocycles. The fourth-order valence-corrected chi connectivity index (χ4v) is 2.31. The second kappa shape index (κ2) is 5.51. The Labute approximate surface area is 110 Å². The van der Waals surface area contributed by atoms with Gasteiger partial charge in [-0.1, -0.05) is 15.9 Å². The fraction of sp³-hybridized carbons (Fsp3) is 0.417. The summed E-state index contributed by atoms with van der Waals surface area (Å²) < 4.78 is 1.02. The number of carbonyl (C=O) groups is 1. The summed E-state index contributed by atoms with van der Waals surface area (Å²) in [7, 11) is 0. The van der Waals surface area contributed by atoms with Gasteiger partial charge in [-0.15, -0.1) is 0 Å². The maximum absolute atomic E-state index is 12.0. The molecule has 2 N–H and O–H groups in total. The number of anilines is 1. The van der Waals surface area contributed by atoms with Crippen LogP contribution in [-0.2, 0) is 0 Å². The molecule has 0 aromatic heterocycles. The van der Waals surface area contributed by atoms with Crippen molar-refractivity contribution in [2.45, 2.75) is 6.92 Å². The number of urea groups is 1. The van der Waals surface area contributed by atoms with Crippen molar-refractivity contribution in [2.75, 3.05) is 31.5 Å². The number of piperazine rings is 1. The Hall–Kier alpha value is -1.07. The first-order chi connectivity index (χ1) is 8.16. The van der Waals surface area contributed by atoms with Crippen molar-refractivity contribution in [3.8, 4) is 0 Å². The fourth-order valence-electron chi connectivity index (χ4n) is 1.83. The molecule has 1 aliphatic heterocycles. The molecule has 0 bridgehead atoms. The van der Waals surface area contributed by atoms with Crippen molar-refractivity contribution in [1.29, 1.82) is 0 Å². The van der Waals surface area contributed by atoms with Gasteiger partial charge in [-0.25, -0.2) is 4.79 Å². The Kier molecular flexibility index (Phi) is 4.02. The van der Waals surface area contributed by atoms with E-state index < -0.39 is 0 Å². The van der Waals surface area contributed by atoms with Gasteiger partial charge in [0.05, 0.1) is 0 Å². The van der Waals surface area contributed by atoms with Crippen LogP contribution in [0.2, 0.25) is 0 Å². The Morgan fingerprint density at radius 1 is 1.41 bits per heavy atom.